The quantitative estimate of drug-likeness (QED) is 0.430. The maximum atomic E-state index is 12.0. The van der Waals surface area contributed by atoms with Gasteiger partial charge in [0.05, 0.1) is 11.4 Å². The van der Waals surface area contributed by atoms with E-state index in [1.54, 1.807) is 0 Å². The first kappa shape index (κ1) is 16.5. The van der Waals surface area contributed by atoms with E-state index in [1.807, 2.05) is 60.0 Å². The molecule has 0 unspecified atom stereocenters. The third-order valence-electron chi connectivity index (χ3n) is 3.00. The number of nitrogens with zero attached hydrogens (tertiary/aromatic N) is 1. The lowest BCUT2D eigenvalue weighted by molar-refractivity contribution is -0.113. The van der Waals surface area contributed by atoms with E-state index in [0.29, 0.717) is 10.9 Å². The van der Waals surface area contributed by atoms with Crippen LogP contribution >= 0.6 is 45.7 Å². The molecular weight excluding hydrogens is 439 g/mol. The summed E-state index contributed by atoms with van der Waals surface area (Å²) >= 11 is 5.23. The summed E-state index contributed by atoms with van der Waals surface area (Å²) in [5.74, 6) is 0.338. The van der Waals surface area contributed by atoms with Gasteiger partial charge in [0.25, 0.3) is 0 Å². The number of rotatable bonds is 5. The average Bonchev–Trinajstić information content (AvgIpc) is 3.03. The number of thioether (sulfide) groups is 1. The molecule has 0 atom stereocenters. The summed E-state index contributed by atoms with van der Waals surface area (Å²) in [6.45, 7) is 0. The fourth-order valence-electron chi connectivity index (χ4n) is 1.91. The van der Waals surface area contributed by atoms with Crippen LogP contribution in [0.2, 0.25) is 0 Å². The van der Waals surface area contributed by atoms with Gasteiger partial charge in [0.1, 0.15) is 0 Å². The van der Waals surface area contributed by atoms with Gasteiger partial charge in [0, 0.05) is 19.4 Å². The lowest BCUT2D eigenvalue weighted by atomic mass is 10.2. The van der Waals surface area contributed by atoms with Crippen molar-refractivity contribution >= 4 is 56.7 Å². The summed E-state index contributed by atoms with van der Waals surface area (Å²) in [5.41, 5.74) is 1.94. The predicted molar refractivity (Wildman–Crippen MR) is 106 cm³/mol. The van der Waals surface area contributed by atoms with Crippen LogP contribution < -0.4 is 5.32 Å². The zero-order valence-corrected chi connectivity index (χ0v) is 15.8. The number of nitrogens with one attached hydrogen (secondary N) is 1. The number of hydrogen-bond acceptors (Lipinski definition) is 4. The highest BCUT2D eigenvalue weighted by Gasteiger charge is 2.08. The monoisotopic (exact) mass is 452 g/mol. The molecule has 0 spiro atoms. The van der Waals surface area contributed by atoms with Crippen LogP contribution in [-0.4, -0.2) is 16.6 Å². The Morgan fingerprint density at radius 3 is 2.61 bits per heavy atom. The van der Waals surface area contributed by atoms with Crippen molar-refractivity contribution in [3.05, 3.63) is 63.5 Å². The Kier molecular flexibility index (Phi) is 5.69. The lowest BCUT2D eigenvalue weighted by Crippen LogP contribution is -2.13. The van der Waals surface area contributed by atoms with Crippen molar-refractivity contribution in [2.24, 2.45) is 0 Å². The Labute approximate surface area is 156 Å². The second kappa shape index (κ2) is 7.94. The third kappa shape index (κ3) is 4.79. The second-order valence-corrected chi connectivity index (χ2v) is 7.85. The minimum absolute atomic E-state index is 0.0395. The predicted octanol–water partition coefficient (Wildman–Crippen LogP) is 5.15. The standard InChI is InChI=1S/C17H13IN2OS2/c18-13-8-6-12(7-9-13)15-10-23-17(19-15)20-16(21)11-22-14-4-2-1-3-5-14/h1-10H,11H2,(H,19,20,21). The number of carbonyl (C=O) groups excluding carboxylic acids is 1. The molecule has 3 nitrogen and oxygen atoms in total. The summed E-state index contributed by atoms with van der Waals surface area (Å²) in [7, 11) is 0. The van der Waals surface area contributed by atoms with Crippen LogP contribution in [0, 0.1) is 3.57 Å². The second-order valence-electron chi connectivity index (χ2n) is 4.69. The van der Waals surface area contributed by atoms with E-state index < -0.39 is 0 Å². The van der Waals surface area contributed by atoms with E-state index in [1.165, 1.54) is 26.7 Å². The van der Waals surface area contributed by atoms with Crippen molar-refractivity contribution < 1.29 is 4.79 Å². The van der Waals surface area contributed by atoms with E-state index in [4.69, 9.17) is 0 Å². The van der Waals surface area contributed by atoms with Gasteiger partial charge in [-0.05, 0) is 46.9 Å². The molecule has 1 N–H and O–H groups in total. The molecule has 0 radical (unpaired) electrons. The first-order chi connectivity index (χ1) is 11.2. The van der Waals surface area contributed by atoms with Gasteiger partial charge in [-0.25, -0.2) is 4.98 Å². The van der Waals surface area contributed by atoms with Gasteiger partial charge < -0.3 is 5.32 Å². The molecule has 2 aromatic carbocycles. The topological polar surface area (TPSA) is 42.0 Å². The van der Waals surface area contributed by atoms with E-state index in [2.05, 4.69) is 32.9 Å². The lowest BCUT2D eigenvalue weighted by Gasteiger charge is -2.02. The number of benzene rings is 2. The molecule has 3 aromatic rings. The Bertz CT molecular complexity index is 788. The number of anilines is 1. The number of aromatic nitrogens is 1. The van der Waals surface area contributed by atoms with Gasteiger partial charge in [0.15, 0.2) is 5.13 Å². The molecule has 1 heterocycles. The van der Waals surface area contributed by atoms with E-state index in [-0.39, 0.29) is 5.91 Å². The Balaban J connectivity index is 1.58. The molecule has 0 saturated carbocycles. The van der Waals surface area contributed by atoms with E-state index in [0.717, 1.165) is 16.2 Å². The van der Waals surface area contributed by atoms with Gasteiger partial charge in [-0.15, -0.1) is 23.1 Å². The molecular formula is C17H13IN2OS2. The molecule has 1 amide bonds. The smallest absolute Gasteiger partial charge is 0.236 e. The maximum Gasteiger partial charge on any atom is 0.236 e. The van der Waals surface area contributed by atoms with Crippen LogP contribution in [0.4, 0.5) is 5.13 Å². The zero-order chi connectivity index (χ0) is 16.1. The zero-order valence-electron chi connectivity index (χ0n) is 12.0. The van der Waals surface area contributed by atoms with Crippen LogP contribution in [0.1, 0.15) is 0 Å². The SMILES string of the molecule is O=C(CSc1ccccc1)Nc1nc(-c2ccc(I)cc2)cs1. The van der Waals surface area contributed by atoms with Crippen molar-refractivity contribution in [3.63, 3.8) is 0 Å². The normalized spacial score (nSPS) is 10.5. The fourth-order valence-corrected chi connectivity index (χ4v) is 3.72. The van der Waals surface area contributed by atoms with Gasteiger partial charge in [-0.1, -0.05) is 30.3 Å². The number of thiazole rings is 1. The average molecular weight is 452 g/mol. The van der Waals surface area contributed by atoms with Crippen molar-refractivity contribution in [2.45, 2.75) is 4.90 Å². The number of hydrogen-bond donors (Lipinski definition) is 1. The van der Waals surface area contributed by atoms with Gasteiger partial charge in [0.2, 0.25) is 5.91 Å². The molecule has 0 aliphatic heterocycles. The number of halogens is 1. The van der Waals surface area contributed by atoms with Crippen molar-refractivity contribution in [3.8, 4) is 11.3 Å². The molecule has 0 fully saturated rings. The van der Waals surface area contributed by atoms with Gasteiger partial charge in [-0.2, -0.15) is 0 Å². The third-order valence-corrected chi connectivity index (χ3v) is 5.49. The van der Waals surface area contributed by atoms with Crippen molar-refractivity contribution in [1.82, 2.24) is 4.98 Å². The highest BCUT2D eigenvalue weighted by molar-refractivity contribution is 14.1. The first-order valence-electron chi connectivity index (χ1n) is 6.90. The summed E-state index contributed by atoms with van der Waals surface area (Å²) in [4.78, 5) is 17.6. The Morgan fingerprint density at radius 2 is 1.87 bits per heavy atom. The molecule has 6 heteroatoms. The van der Waals surface area contributed by atoms with E-state index in [9.17, 15) is 4.79 Å². The van der Waals surface area contributed by atoms with Gasteiger partial charge in [-0.3, -0.25) is 4.79 Å². The summed E-state index contributed by atoms with van der Waals surface area (Å²) in [6.07, 6.45) is 0. The fraction of sp³-hybridized carbons (Fsp3) is 0.0588. The molecule has 23 heavy (non-hydrogen) atoms. The largest absolute Gasteiger partial charge is 0.301 e. The molecule has 0 aliphatic rings. The molecule has 1 aromatic heterocycles. The van der Waals surface area contributed by atoms with Crippen LogP contribution in [-0.2, 0) is 4.79 Å². The first-order valence-corrected chi connectivity index (χ1v) is 9.84. The van der Waals surface area contributed by atoms with Gasteiger partial charge >= 0.3 is 0 Å². The number of amides is 1. The summed E-state index contributed by atoms with van der Waals surface area (Å²) in [5, 5.41) is 5.46. The molecule has 0 saturated heterocycles. The summed E-state index contributed by atoms with van der Waals surface area (Å²) in [6, 6.07) is 18.1. The Hall–Kier alpha value is -1.38. The van der Waals surface area contributed by atoms with Crippen molar-refractivity contribution in [2.75, 3.05) is 11.1 Å². The van der Waals surface area contributed by atoms with Crippen LogP contribution in [0.3, 0.4) is 0 Å². The number of carbonyl (C=O) groups is 1. The van der Waals surface area contributed by atoms with Crippen LogP contribution in [0.15, 0.2) is 64.9 Å². The maximum absolute atomic E-state index is 12.0. The molecule has 0 bridgehead atoms. The highest BCUT2D eigenvalue weighted by Crippen LogP contribution is 2.26. The van der Waals surface area contributed by atoms with Crippen LogP contribution in [0.5, 0.6) is 0 Å². The summed E-state index contributed by atoms with van der Waals surface area (Å²) < 4.78 is 1.19. The molecule has 3 rings (SSSR count). The molecule has 0 aliphatic carbocycles. The van der Waals surface area contributed by atoms with Crippen LogP contribution in [0.25, 0.3) is 11.3 Å². The highest BCUT2D eigenvalue weighted by atomic mass is 127. The Morgan fingerprint density at radius 1 is 1.13 bits per heavy atom. The minimum atomic E-state index is -0.0395. The molecule has 116 valence electrons. The van der Waals surface area contributed by atoms with E-state index >= 15 is 0 Å². The minimum Gasteiger partial charge on any atom is -0.301 e. The van der Waals surface area contributed by atoms with Crippen molar-refractivity contribution in [1.29, 1.82) is 0 Å².